The molecule has 0 spiro atoms. The van der Waals surface area contributed by atoms with Gasteiger partial charge in [0.1, 0.15) is 13.2 Å². The zero-order chi connectivity index (χ0) is 13.4. The molecule has 1 heterocycles. The summed E-state index contributed by atoms with van der Waals surface area (Å²) in [6.07, 6.45) is 6.88. The molecule has 1 fully saturated rings. The lowest BCUT2D eigenvalue weighted by molar-refractivity contribution is -0.147. The summed E-state index contributed by atoms with van der Waals surface area (Å²) in [5.41, 5.74) is 0. The number of rotatable bonds is 6. The third-order valence-electron chi connectivity index (χ3n) is 2.69. The Morgan fingerprint density at radius 2 is 2.11 bits per heavy atom. The number of carbonyl (C=O) groups excluding carboxylic acids is 1. The van der Waals surface area contributed by atoms with Gasteiger partial charge in [-0.15, -0.1) is 6.42 Å². The van der Waals surface area contributed by atoms with Crippen LogP contribution in [0.5, 0.6) is 0 Å². The Kier molecular flexibility index (Phi) is 6.19. The van der Waals surface area contributed by atoms with E-state index in [0.717, 1.165) is 30.8 Å². The highest BCUT2D eigenvalue weighted by Gasteiger charge is 2.19. The average molecular weight is 254 g/mol. The van der Waals surface area contributed by atoms with E-state index >= 15 is 0 Å². The standard InChI is InChI=1S/C12H18N2O4/c1-2-7-14(8-12(16)17)11(15)9-18-10-3-5-13-6-4-10/h1,10,13H,3-9H2,(H,16,17). The van der Waals surface area contributed by atoms with Crippen molar-refractivity contribution in [2.75, 3.05) is 32.8 Å². The van der Waals surface area contributed by atoms with Gasteiger partial charge in [-0.2, -0.15) is 0 Å². The lowest BCUT2D eigenvalue weighted by Crippen LogP contribution is -2.40. The Labute approximate surface area is 106 Å². The molecule has 0 saturated carbocycles. The number of nitrogens with zero attached hydrogens (tertiary/aromatic N) is 1. The fraction of sp³-hybridized carbons (Fsp3) is 0.667. The third-order valence-corrected chi connectivity index (χ3v) is 2.69. The quantitative estimate of drug-likeness (QED) is 0.613. The van der Waals surface area contributed by atoms with E-state index < -0.39 is 12.5 Å². The molecule has 0 bridgehead atoms. The first kappa shape index (κ1) is 14.5. The van der Waals surface area contributed by atoms with Crippen molar-refractivity contribution >= 4 is 11.9 Å². The number of ether oxygens (including phenoxy) is 1. The van der Waals surface area contributed by atoms with Crippen LogP contribution in [0.1, 0.15) is 12.8 Å². The maximum atomic E-state index is 11.7. The van der Waals surface area contributed by atoms with Gasteiger partial charge in [-0.1, -0.05) is 5.92 Å². The molecule has 100 valence electrons. The summed E-state index contributed by atoms with van der Waals surface area (Å²) in [4.78, 5) is 23.4. The van der Waals surface area contributed by atoms with Crippen molar-refractivity contribution in [1.82, 2.24) is 10.2 Å². The van der Waals surface area contributed by atoms with E-state index in [9.17, 15) is 9.59 Å². The number of carbonyl (C=O) groups is 2. The molecule has 1 rings (SSSR count). The molecule has 0 unspecified atom stereocenters. The van der Waals surface area contributed by atoms with Gasteiger partial charge in [0.15, 0.2) is 0 Å². The number of terminal acetylenes is 1. The fourth-order valence-corrected chi connectivity index (χ4v) is 1.75. The Morgan fingerprint density at radius 3 is 2.67 bits per heavy atom. The average Bonchev–Trinajstić information content (AvgIpc) is 2.36. The first-order chi connectivity index (χ1) is 8.63. The van der Waals surface area contributed by atoms with Crippen LogP contribution in [-0.2, 0) is 14.3 Å². The molecule has 0 aromatic rings. The van der Waals surface area contributed by atoms with Crippen LogP contribution in [0, 0.1) is 12.3 Å². The molecular formula is C12H18N2O4. The lowest BCUT2D eigenvalue weighted by atomic mass is 10.1. The van der Waals surface area contributed by atoms with Crippen molar-refractivity contribution in [3.63, 3.8) is 0 Å². The molecule has 0 aromatic carbocycles. The predicted octanol–water partition coefficient (Wildman–Crippen LogP) is -0.699. The normalized spacial score (nSPS) is 15.9. The summed E-state index contributed by atoms with van der Waals surface area (Å²) in [7, 11) is 0. The molecule has 1 amide bonds. The van der Waals surface area contributed by atoms with E-state index in [1.54, 1.807) is 0 Å². The first-order valence-corrected chi connectivity index (χ1v) is 5.89. The van der Waals surface area contributed by atoms with Crippen molar-refractivity contribution in [2.45, 2.75) is 18.9 Å². The zero-order valence-electron chi connectivity index (χ0n) is 10.2. The van der Waals surface area contributed by atoms with Gasteiger partial charge in [-0.25, -0.2) is 0 Å². The Hall–Kier alpha value is -1.58. The van der Waals surface area contributed by atoms with Crippen LogP contribution < -0.4 is 5.32 Å². The number of carboxylic acid groups (broad SMARTS) is 1. The van der Waals surface area contributed by atoms with E-state index in [-0.39, 0.29) is 25.2 Å². The molecule has 0 aliphatic carbocycles. The van der Waals surface area contributed by atoms with Gasteiger partial charge in [-0.3, -0.25) is 9.59 Å². The van der Waals surface area contributed by atoms with Crippen LogP contribution in [0.2, 0.25) is 0 Å². The topological polar surface area (TPSA) is 78.9 Å². The van der Waals surface area contributed by atoms with Crippen molar-refractivity contribution in [2.24, 2.45) is 0 Å². The van der Waals surface area contributed by atoms with Gasteiger partial charge in [-0.05, 0) is 25.9 Å². The van der Waals surface area contributed by atoms with Gasteiger partial charge in [0.2, 0.25) is 5.91 Å². The van der Waals surface area contributed by atoms with Crippen molar-refractivity contribution in [1.29, 1.82) is 0 Å². The van der Waals surface area contributed by atoms with Crippen LogP contribution in [0.15, 0.2) is 0 Å². The number of carboxylic acids is 1. The van der Waals surface area contributed by atoms with Gasteiger partial charge in [0.25, 0.3) is 0 Å². The fourth-order valence-electron chi connectivity index (χ4n) is 1.75. The minimum atomic E-state index is -1.08. The van der Waals surface area contributed by atoms with Crippen LogP contribution in [-0.4, -0.2) is 60.8 Å². The van der Waals surface area contributed by atoms with Crippen LogP contribution in [0.25, 0.3) is 0 Å². The number of aliphatic carboxylic acids is 1. The van der Waals surface area contributed by atoms with E-state index in [4.69, 9.17) is 16.3 Å². The summed E-state index contributed by atoms with van der Waals surface area (Å²) in [5.74, 6) is 0.805. The molecule has 6 nitrogen and oxygen atoms in total. The largest absolute Gasteiger partial charge is 0.480 e. The Balaban J connectivity index is 2.35. The second-order valence-electron chi connectivity index (χ2n) is 4.11. The van der Waals surface area contributed by atoms with E-state index in [0.29, 0.717) is 0 Å². The first-order valence-electron chi connectivity index (χ1n) is 5.89. The zero-order valence-corrected chi connectivity index (χ0v) is 10.2. The number of piperidine rings is 1. The second-order valence-corrected chi connectivity index (χ2v) is 4.11. The molecule has 0 radical (unpaired) electrons. The van der Waals surface area contributed by atoms with E-state index in [1.807, 2.05) is 0 Å². The summed E-state index contributed by atoms with van der Waals surface area (Å²) < 4.78 is 5.46. The smallest absolute Gasteiger partial charge is 0.323 e. The summed E-state index contributed by atoms with van der Waals surface area (Å²) in [5, 5.41) is 11.9. The minimum absolute atomic E-state index is 0.0132. The van der Waals surface area contributed by atoms with Gasteiger partial charge in [0.05, 0.1) is 12.6 Å². The molecule has 1 aliphatic heterocycles. The van der Waals surface area contributed by atoms with Crippen LogP contribution >= 0.6 is 0 Å². The van der Waals surface area contributed by atoms with Gasteiger partial charge < -0.3 is 20.1 Å². The second kappa shape index (κ2) is 7.69. The highest BCUT2D eigenvalue weighted by atomic mass is 16.5. The SMILES string of the molecule is C#CCN(CC(=O)O)C(=O)COC1CCNCC1. The van der Waals surface area contributed by atoms with Crippen molar-refractivity contribution < 1.29 is 19.4 Å². The number of amides is 1. The predicted molar refractivity (Wildman–Crippen MR) is 64.9 cm³/mol. The summed E-state index contributed by atoms with van der Waals surface area (Å²) in [6, 6.07) is 0. The van der Waals surface area contributed by atoms with Crippen LogP contribution in [0.4, 0.5) is 0 Å². The molecule has 18 heavy (non-hydrogen) atoms. The maximum absolute atomic E-state index is 11.7. The van der Waals surface area contributed by atoms with E-state index in [1.165, 1.54) is 0 Å². The van der Waals surface area contributed by atoms with Gasteiger partial charge >= 0.3 is 5.97 Å². The molecule has 0 atom stereocenters. The number of hydrogen-bond donors (Lipinski definition) is 2. The summed E-state index contributed by atoms with van der Waals surface area (Å²) in [6.45, 7) is 1.24. The van der Waals surface area contributed by atoms with E-state index in [2.05, 4.69) is 11.2 Å². The van der Waals surface area contributed by atoms with Crippen molar-refractivity contribution in [3.8, 4) is 12.3 Å². The summed E-state index contributed by atoms with van der Waals surface area (Å²) >= 11 is 0. The molecular weight excluding hydrogens is 236 g/mol. The monoisotopic (exact) mass is 254 g/mol. The highest BCUT2D eigenvalue weighted by Crippen LogP contribution is 2.07. The molecule has 0 aromatic heterocycles. The number of hydrogen-bond acceptors (Lipinski definition) is 4. The molecule has 6 heteroatoms. The Morgan fingerprint density at radius 1 is 1.44 bits per heavy atom. The molecule has 1 saturated heterocycles. The van der Waals surface area contributed by atoms with Crippen LogP contribution in [0.3, 0.4) is 0 Å². The van der Waals surface area contributed by atoms with Crippen molar-refractivity contribution in [3.05, 3.63) is 0 Å². The Bertz CT molecular complexity index is 331. The third kappa shape index (κ3) is 5.17. The maximum Gasteiger partial charge on any atom is 0.323 e. The van der Waals surface area contributed by atoms with Gasteiger partial charge in [0, 0.05) is 0 Å². The highest BCUT2D eigenvalue weighted by molar-refractivity contribution is 5.82. The number of nitrogens with one attached hydrogen (secondary N) is 1. The molecule has 2 N–H and O–H groups in total. The lowest BCUT2D eigenvalue weighted by Gasteiger charge is -2.24. The minimum Gasteiger partial charge on any atom is -0.480 e. The molecule has 1 aliphatic rings.